The molecule has 21 heavy (non-hydrogen) atoms. The van der Waals surface area contributed by atoms with Gasteiger partial charge >= 0.3 is 0 Å². The SMILES string of the molecule is CCCCN(C)c1ccc(C(=O)N(C)CC(C)(C)O)cc1. The van der Waals surface area contributed by atoms with Crippen molar-refractivity contribution < 1.29 is 9.90 Å². The van der Waals surface area contributed by atoms with Crippen LogP contribution in [0, 0.1) is 0 Å². The van der Waals surface area contributed by atoms with Crippen molar-refractivity contribution in [2.75, 3.05) is 32.1 Å². The fourth-order valence-electron chi connectivity index (χ4n) is 2.26. The minimum Gasteiger partial charge on any atom is -0.389 e. The zero-order valence-corrected chi connectivity index (χ0v) is 13.9. The first-order chi connectivity index (χ1) is 9.74. The Morgan fingerprint density at radius 2 is 1.76 bits per heavy atom. The molecule has 0 spiro atoms. The van der Waals surface area contributed by atoms with Crippen LogP contribution < -0.4 is 4.90 Å². The third-order valence-electron chi connectivity index (χ3n) is 3.37. The molecule has 1 amide bonds. The van der Waals surface area contributed by atoms with Gasteiger partial charge in [-0.05, 0) is 44.5 Å². The van der Waals surface area contributed by atoms with E-state index in [2.05, 4.69) is 18.9 Å². The van der Waals surface area contributed by atoms with Gasteiger partial charge in [-0.15, -0.1) is 0 Å². The van der Waals surface area contributed by atoms with Crippen LogP contribution in [0.2, 0.25) is 0 Å². The zero-order chi connectivity index (χ0) is 16.0. The molecule has 0 unspecified atom stereocenters. The summed E-state index contributed by atoms with van der Waals surface area (Å²) in [6, 6.07) is 7.64. The summed E-state index contributed by atoms with van der Waals surface area (Å²) in [5.41, 5.74) is 0.879. The van der Waals surface area contributed by atoms with Crippen LogP contribution in [-0.2, 0) is 0 Å². The van der Waals surface area contributed by atoms with Gasteiger partial charge in [-0.1, -0.05) is 13.3 Å². The van der Waals surface area contributed by atoms with Crippen LogP contribution in [0.25, 0.3) is 0 Å². The summed E-state index contributed by atoms with van der Waals surface area (Å²) in [6.07, 6.45) is 2.33. The van der Waals surface area contributed by atoms with Gasteiger partial charge in [0.2, 0.25) is 0 Å². The Kier molecular flexibility index (Phi) is 6.21. The van der Waals surface area contributed by atoms with Gasteiger partial charge in [0.1, 0.15) is 0 Å². The van der Waals surface area contributed by atoms with E-state index < -0.39 is 5.60 Å². The lowest BCUT2D eigenvalue weighted by atomic mass is 10.1. The lowest BCUT2D eigenvalue weighted by Gasteiger charge is -2.26. The molecule has 1 rings (SSSR count). The zero-order valence-electron chi connectivity index (χ0n) is 13.9. The Bertz CT molecular complexity index is 449. The van der Waals surface area contributed by atoms with Crippen molar-refractivity contribution in [3.05, 3.63) is 29.8 Å². The van der Waals surface area contributed by atoms with Crippen molar-refractivity contribution in [1.29, 1.82) is 0 Å². The highest BCUT2D eigenvalue weighted by atomic mass is 16.3. The number of benzene rings is 1. The minimum atomic E-state index is -0.884. The molecule has 1 aromatic rings. The van der Waals surface area contributed by atoms with Crippen molar-refractivity contribution >= 4 is 11.6 Å². The number of carbonyl (C=O) groups excluding carboxylic acids is 1. The first-order valence-electron chi connectivity index (χ1n) is 7.53. The Hall–Kier alpha value is -1.55. The second-order valence-corrected chi connectivity index (χ2v) is 6.30. The lowest BCUT2D eigenvalue weighted by Crippen LogP contribution is -2.39. The number of rotatable bonds is 7. The number of carbonyl (C=O) groups is 1. The molecule has 0 saturated carbocycles. The monoisotopic (exact) mass is 292 g/mol. The number of nitrogens with zero attached hydrogens (tertiary/aromatic N) is 2. The highest BCUT2D eigenvalue weighted by Crippen LogP contribution is 2.16. The Labute approximate surface area is 128 Å². The quantitative estimate of drug-likeness (QED) is 0.840. The molecular weight excluding hydrogens is 264 g/mol. The third-order valence-corrected chi connectivity index (χ3v) is 3.37. The molecule has 0 saturated heterocycles. The molecule has 1 aromatic carbocycles. The molecule has 4 nitrogen and oxygen atoms in total. The Morgan fingerprint density at radius 3 is 2.24 bits per heavy atom. The molecule has 0 aliphatic heterocycles. The van der Waals surface area contributed by atoms with Crippen LogP contribution >= 0.6 is 0 Å². The standard InChI is InChI=1S/C17H28N2O2/c1-6-7-12-18(4)15-10-8-14(9-11-15)16(20)19(5)13-17(2,3)21/h8-11,21H,6-7,12-13H2,1-5H3. The van der Waals surface area contributed by atoms with Gasteiger partial charge in [-0.3, -0.25) is 4.79 Å². The van der Waals surface area contributed by atoms with Crippen LogP contribution in [0.5, 0.6) is 0 Å². The van der Waals surface area contributed by atoms with Crippen molar-refractivity contribution in [2.24, 2.45) is 0 Å². The second-order valence-electron chi connectivity index (χ2n) is 6.30. The smallest absolute Gasteiger partial charge is 0.253 e. The van der Waals surface area contributed by atoms with E-state index in [1.165, 1.54) is 6.42 Å². The summed E-state index contributed by atoms with van der Waals surface area (Å²) in [5.74, 6) is -0.0695. The maximum atomic E-state index is 12.3. The average molecular weight is 292 g/mol. The molecule has 0 radical (unpaired) electrons. The summed E-state index contributed by atoms with van der Waals surface area (Å²) >= 11 is 0. The molecule has 4 heteroatoms. The number of hydrogen-bond acceptors (Lipinski definition) is 3. The molecule has 0 bridgehead atoms. The van der Waals surface area contributed by atoms with E-state index >= 15 is 0 Å². The van der Waals surface area contributed by atoms with Crippen LogP contribution in [0.4, 0.5) is 5.69 Å². The van der Waals surface area contributed by atoms with Gasteiger partial charge in [0.05, 0.1) is 5.60 Å². The van der Waals surface area contributed by atoms with Gasteiger partial charge in [0, 0.05) is 38.4 Å². The molecule has 0 aliphatic rings. The van der Waals surface area contributed by atoms with Gasteiger partial charge in [-0.25, -0.2) is 0 Å². The predicted octanol–water partition coefficient (Wildman–Crippen LogP) is 2.77. The van der Waals surface area contributed by atoms with Gasteiger partial charge in [0.25, 0.3) is 5.91 Å². The Balaban J connectivity index is 2.71. The molecule has 0 heterocycles. The number of anilines is 1. The fraction of sp³-hybridized carbons (Fsp3) is 0.588. The van der Waals surface area contributed by atoms with E-state index in [4.69, 9.17) is 0 Å². The van der Waals surface area contributed by atoms with E-state index in [-0.39, 0.29) is 5.91 Å². The lowest BCUT2D eigenvalue weighted by molar-refractivity contribution is 0.0368. The molecular formula is C17H28N2O2. The minimum absolute atomic E-state index is 0.0695. The summed E-state index contributed by atoms with van der Waals surface area (Å²) in [5, 5.41) is 9.78. The summed E-state index contributed by atoms with van der Waals surface area (Å²) in [6.45, 7) is 6.89. The molecule has 0 atom stereocenters. The summed E-state index contributed by atoms with van der Waals surface area (Å²) < 4.78 is 0. The number of hydrogen-bond donors (Lipinski definition) is 1. The van der Waals surface area contributed by atoms with Crippen LogP contribution in [0.15, 0.2) is 24.3 Å². The fourth-order valence-corrected chi connectivity index (χ4v) is 2.26. The highest BCUT2D eigenvalue weighted by molar-refractivity contribution is 5.94. The number of aliphatic hydroxyl groups is 1. The van der Waals surface area contributed by atoms with Crippen LogP contribution in [0.1, 0.15) is 44.0 Å². The Morgan fingerprint density at radius 1 is 1.19 bits per heavy atom. The van der Waals surface area contributed by atoms with Gasteiger partial charge in [0.15, 0.2) is 0 Å². The summed E-state index contributed by atoms with van der Waals surface area (Å²) in [7, 11) is 3.77. The molecule has 0 aromatic heterocycles. The highest BCUT2D eigenvalue weighted by Gasteiger charge is 2.20. The van der Waals surface area contributed by atoms with Gasteiger partial charge < -0.3 is 14.9 Å². The second kappa shape index (κ2) is 7.46. The van der Waals surface area contributed by atoms with E-state index in [1.807, 2.05) is 24.3 Å². The van der Waals surface area contributed by atoms with Crippen molar-refractivity contribution in [2.45, 2.75) is 39.2 Å². The van der Waals surface area contributed by atoms with Crippen molar-refractivity contribution in [1.82, 2.24) is 4.90 Å². The third kappa shape index (κ3) is 5.76. The van der Waals surface area contributed by atoms with Crippen LogP contribution in [-0.4, -0.2) is 48.7 Å². The van der Waals surface area contributed by atoms with E-state index in [1.54, 1.807) is 25.8 Å². The summed E-state index contributed by atoms with van der Waals surface area (Å²) in [4.78, 5) is 16.0. The van der Waals surface area contributed by atoms with Crippen molar-refractivity contribution in [3.63, 3.8) is 0 Å². The van der Waals surface area contributed by atoms with Gasteiger partial charge in [-0.2, -0.15) is 0 Å². The number of unbranched alkanes of at least 4 members (excludes halogenated alkanes) is 1. The maximum absolute atomic E-state index is 12.3. The normalized spacial score (nSPS) is 11.3. The van der Waals surface area contributed by atoms with Crippen LogP contribution in [0.3, 0.4) is 0 Å². The predicted molar refractivity (Wildman–Crippen MR) is 87.9 cm³/mol. The largest absolute Gasteiger partial charge is 0.389 e. The van der Waals surface area contributed by atoms with E-state index in [9.17, 15) is 9.90 Å². The molecule has 0 aliphatic carbocycles. The van der Waals surface area contributed by atoms with E-state index in [0.717, 1.165) is 18.7 Å². The number of amides is 1. The average Bonchev–Trinajstić information content (AvgIpc) is 2.42. The van der Waals surface area contributed by atoms with E-state index in [0.29, 0.717) is 12.1 Å². The number of likely N-dealkylation sites (N-methyl/N-ethyl adjacent to an activating group) is 1. The topological polar surface area (TPSA) is 43.8 Å². The molecule has 118 valence electrons. The van der Waals surface area contributed by atoms with Crippen molar-refractivity contribution in [3.8, 4) is 0 Å². The first-order valence-corrected chi connectivity index (χ1v) is 7.53. The first kappa shape index (κ1) is 17.5. The molecule has 1 N–H and O–H groups in total. The molecule has 0 fully saturated rings. The maximum Gasteiger partial charge on any atom is 0.253 e.